The monoisotopic (exact) mass is 156 g/mol. The number of hydrogen-bond donors (Lipinski definition) is 0. The topological polar surface area (TPSA) is 26.3 Å². The van der Waals surface area contributed by atoms with Gasteiger partial charge in [0, 0.05) is 6.42 Å². The molecule has 1 rings (SSSR count). The maximum Gasteiger partial charge on any atom is 0.161 e. The molecule has 0 spiro atoms. The van der Waals surface area contributed by atoms with Crippen molar-refractivity contribution in [3.8, 4) is 0 Å². The standard InChI is InChI=1S/C9H16O2/c1-7(2)11-9-6-4-3-5-8(9)10/h7,9H,3-6H2,1-2H3. The summed E-state index contributed by atoms with van der Waals surface area (Å²) in [6.07, 6.45) is 3.93. The molecule has 2 heteroatoms. The Labute approximate surface area is 67.9 Å². The second-order valence-electron chi connectivity index (χ2n) is 3.39. The molecule has 0 aromatic heterocycles. The van der Waals surface area contributed by atoms with Crippen LogP contribution in [0.4, 0.5) is 0 Å². The van der Waals surface area contributed by atoms with E-state index in [-0.39, 0.29) is 12.2 Å². The molecule has 0 saturated heterocycles. The molecule has 0 radical (unpaired) electrons. The third-order valence-electron chi connectivity index (χ3n) is 1.94. The van der Waals surface area contributed by atoms with Gasteiger partial charge in [-0.3, -0.25) is 4.79 Å². The molecule has 2 nitrogen and oxygen atoms in total. The smallest absolute Gasteiger partial charge is 0.161 e. The van der Waals surface area contributed by atoms with E-state index in [9.17, 15) is 4.79 Å². The molecule has 1 saturated carbocycles. The van der Waals surface area contributed by atoms with E-state index in [1.54, 1.807) is 0 Å². The molecule has 1 aliphatic rings. The highest BCUT2D eigenvalue weighted by molar-refractivity contribution is 5.83. The lowest BCUT2D eigenvalue weighted by Gasteiger charge is -2.22. The summed E-state index contributed by atoms with van der Waals surface area (Å²) in [7, 11) is 0. The highest BCUT2D eigenvalue weighted by Gasteiger charge is 2.23. The number of Topliss-reactive ketones (excluding diaryl/α,β-unsaturated/α-hetero) is 1. The Hall–Kier alpha value is -0.370. The molecule has 0 N–H and O–H groups in total. The highest BCUT2D eigenvalue weighted by Crippen LogP contribution is 2.18. The molecule has 1 atom stereocenters. The quantitative estimate of drug-likeness (QED) is 0.610. The van der Waals surface area contributed by atoms with Crippen molar-refractivity contribution in [3.05, 3.63) is 0 Å². The van der Waals surface area contributed by atoms with Gasteiger partial charge in [-0.2, -0.15) is 0 Å². The molecule has 1 unspecified atom stereocenters. The van der Waals surface area contributed by atoms with Crippen molar-refractivity contribution in [2.45, 2.75) is 51.7 Å². The van der Waals surface area contributed by atoms with Gasteiger partial charge in [0.2, 0.25) is 0 Å². The third-order valence-corrected chi connectivity index (χ3v) is 1.94. The fourth-order valence-electron chi connectivity index (χ4n) is 1.42. The predicted molar refractivity (Wildman–Crippen MR) is 43.5 cm³/mol. The third kappa shape index (κ3) is 2.62. The second kappa shape index (κ2) is 3.86. The van der Waals surface area contributed by atoms with E-state index < -0.39 is 0 Å². The molecular weight excluding hydrogens is 140 g/mol. The molecule has 0 aromatic carbocycles. The Kier molecular flexibility index (Phi) is 3.06. The number of carbonyl (C=O) groups is 1. The van der Waals surface area contributed by atoms with Gasteiger partial charge >= 0.3 is 0 Å². The Morgan fingerprint density at radius 2 is 2.18 bits per heavy atom. The number of ether oxygens (including phenoxy) is 1. The predicted octanol–water partition coefficient (Wildman–Crippen LogP) is 1.92. The Morgan fingerprint density at radius 3 is 2.73 bits per heavy atom. The fourth-order valence-corrected chi connectivity index (χ4v) is 1.42. The average Bonchev–Trinajstić information content (AvgIpc) is 1.93. The molecule has 0 amide bonds. The summed E-state index contributed by atoms with van der Waals surface area (Å²) in [5.74, 6) is 0.296. The number of carbonyl (C=O) groups excluding carboxylic acids is 1. The first-order valence-electron chi connectivity index (χ1n) is 4.38. The fraction of sp³-hybridized carbons (Fsp3) is 0.889. The zero-order valence-corrected chi connectivity index (χ0v) is 7.30. The molecule has 1 fully saturated rings. The lowest BCUT2D eigenvalue weighted by molar-refractivity contribution is -0.136. The number of hydrogen-bond acceptors (Lipinski definition) is 2. The molecule has 11 heavy (non-hydrogen) atoms. The Bertz CT molecular complexity index is 140. The van der Waals surface area contributed by atoms with E-state index in [2.05, 4.69) is 0 Å². The summed E-state index contributed by atoms with van der Waals surface area (Å²) in [6.45, 7) is 3.95. The minimum atomic E-state index is -0.0938. The van der Waals surface area contributed by atoms with Crippen molar-refractivity contribution in [1.82, 2.24) is 0 Å². The molecule has 0 aliphatic heterocycles. The summed E-state index contributed by atoms with van der Waals surface area (Å²) in [6, 6.07) is 0. The summed E-state index contributed by atoms with van der Waals surface area (Å²) in [5.41, 5.74) is 0. The van der Waals surface area contributed by atoms with Crippen LogP contribution in [-0.4, -0.2) is 18.0 Å². The van der Waals surface area contributed by atoms with E-state index in [1.807, 2.05) is 13.8 Å². The highest BCUT2D eigenvalue weighted by atomic mass is 16.5. The van der Waals surface area contributed by atoms with Crippen molar-refractivity contribution in [2.75, 3.05) is 0 Å². The molecular formula is C9H16O2. The van der Waals surface area contributed by atoms with Crippen LogP contribution in [0.15, 0.2) is 0 Å². The van der Waals surface area contributed by atoms with Crippen LogP contribution in [0.3, 0.4) is 0 Å². The summed E-state index contributed by atoms with van der Waals surface area (Å²) < 4.78 is 5.45. The van der Waals surface area contributed by atoms with Crippen LogP contribution in [0.25, 0.3) is 0 Å². The Morgan fingerprint density at radius 1 is 1.45 bits per heavy atom. The summed E-state index contributed by atoms with van der Waals surface area (Å²) in [4.78, 5) is 11.2. The molecule has 0 bridgehead atoms. The second-order valence-corrected chi connectivity index (χ2v) is 3.39. The van der Waals surface area contributed by atoms with Gasteiger partial charge in [0.15, 0.2) is 5.78 Å². The largest absolute Gasteiger partial charge is 0.368 e. The lowest BCUT2D eigenvalue weighted by Crippen LogP contribution is -2.29. The summed E-state index contributed by atoms with van der Waals surface area (Å²) in [5, 5.41) is 0. The first-order valence-corrected chi connectivity index (χ1v) is 4.38. The van der Waals surface area contributed by atoms with Crippen LogP contribution in [0.2, 0.25) is 0 Å². The van der Waals surface area contributed by atoms with Gasteiger partial charge in [0.25, 0.3) is 0 Å². The lowest BCUT2D eigenvalue weighted by atomic mass is 9.96. The van der Waals surface area contributed by atoms with E-state index >= 15 is 0 Å². The van der Waals surface area contributed by atoms with Crippen molar-refractivity contribution < 1.29 is 9.53 Å². The zero-order chi connectivity index (χ0) is 8.27. The van der Waals surface area contributed by atoms with Crippen LogP contribution in [-0.2, 0) is 9.53 Å². The van der Waals surface area contributed by atoms with Crippen LogP contribution < -0.4 is 0 Å². The SMILES string of the molecule is CC(C)OC1CCCCC1=O. The van der Waals surface area contributed by atoms with Gasteiger partial charge in [-0.15, -0.1) is 0 Å². The molecule has 0 heterocycles. The number of rotatable bonds is 2. The normalized spacial score (nSPS) is 26.1. The van der Waals surface area contributed by atoms with E-state index in [0.29, 0.717) is 5.78 Å². The van der Waals surface area contributed by atoms with Gasteiger partial charge < -0.3 is 4.74 Å². The minimum absolute atomic E-state index is 0.0938. The first kappa shape index (κ1) is 8.72. The van der Waals surface area contributed by atoms with Crippen LogP contribution in [0.1, 0.15) is 39.5 Å². The number of ketones is 1. The molecule has 0 aromatic rings. The molecule has 1 aliphatic carbocycles. The average molecular weight is 156 g/mol. The van der Waals surface area contributed by atoms with Crippen molar-refractivity contribution in [1.29, 1.82) is 0 Å². The van der Waals surface area contributed by atoms with Crippen molar-refractivity contribution in [3.63, 3.8) is 0 Å². The Balaban J connectivity index is 2.36. The van der Waals surface area contributed by atoms with E-state index in [4.69, 9.17) is 4.74 Å². The van der Waals surface area contributed by atoms with Crippen molar-refractivity contribution in [2.24, 2.45) is 0 Å². The maximum atomic E-state index is 11.2. The summed E-state index contributed by atoms with van der Waals surface area (Å²) >= 11 is 0. The van der Waals surface area contributed by atoms with Crippen LogP contribution >= 0.6 is 0 Å². The van der Waals surface area contributed by atoms with Crippen LogP contribution in [0, 0.1) is 0 Å². The minimum Gasteiger partial charge on any atom is -0.368 e. The maximum absolute atomic E-state index is 11.2. The van der Waals surface area contributed by atoms with Gasteiger partial charge in [0.05, 0.1) is 6.10 Å². The van der Waals surface area contributed by atoms with Gasteiger partial charge in [0.1, 0.15) is 6.10 Å². The van der Waals surface area contributed by atoms with Gasteiger partial charge in [-0.25, -0.2) is 0 Å². The zero-order valence-electron chi connectivity index (χ0n) is 7.30. The van der Waals surface area contributed by atoms with E-state index in [0.717, 1.165) is 25.7 Å². The first-order chi connectivity index (χ1) is 5.20. The van der Waals surface area contributed by atoms with Crippen molar-refractivity contribution >= 4 is 5.78 Å². The van der Waals surface area contributed by atoms with E-state index in [1.165, 1.54) is 0 Å². The molecule has 64 valence electrons. The van der Waals surface area contributed by atoms with Crippen LogP contribution in [0.5, 0.6) is 0 Å². The van der Waals surface area contributed by atoms with Gasteiger partial charge in [-0.1, -0.05) is 0 Å². The van der Waals surface area contributed by atoms with Gasteiger partial charge in [-0.05, 0) is 33.1 Å².